The van der Waals surface area contributed by atoms with Crippen molar-refractivity contribution in [2.75, 3.05) is 20.3 Å². The van der Waals surface area contributed by atoms with Crippen LogP contribution in [0.4, 0.5) is 0 Å². The molecule has 0 fully saturated rings. The van der Waals surface area contributed by atoms with Crippen molar-refractivity contribution in [2.24, 2.45) is 0 Å². The van der Waals surface area contributed by atoms with Gasteiger partial charge in [0.15, 0.2) is 0 Å². The van der Waals surface area contributed by atoms with Crippen LogP contribution in [0.2, 0.25) is 10.0 Å². The monoisotopic (exact) mass is 570 g/mol. The Hall–Kier alpha value is -3.22. The lowest BCUT2D eigenvalue weighted by Crippen LogP contribution is -2.50. The van der Waals surface area contributed by atoms with Crippen molar-refractivity contribution >= 4 is 35.0 Å². The van der Waals surface area contributed by atoms with Gasteiger partial charge in [-0.05, 0) is 54.8 Å². The second-order valence-corrected chi connectivity index (χ2v) is 10.0. The van der Waals surface area contributed by atoms with Gasteiger partial charge in [-0.3, -0.25) is 9.59 Å². The third-order valence-corrected chi connectivity index (χ3v) is 7.06. The van der Waals surface area contributed by atoms with Crippen molar-refractivity contribution in [1.82, 2.24) is 10.2 Å². The zero-order valence-electron chi connectivity index (χ0n) is 22.5. The number of unbranched alkanes of at least 4 members (excludes halogenated alkanes) is 1. The summed E-state index contributed by atoms with van der Waals surface area (Å²) >= 11 is 13.0. The number of ether oxygens (including phenoxy) is 2. The lowest BCUT2D eigenvalue weighted by atomic mass is 10.0. The summed E-state index contributed by atoms with van der Waals surface area (Å²) in [5, 5.41) is 3.92. The molecule has 0 heterocycles. The first-order valence-corrected chi connectivity index (χ1v) is 14.0. The Bertz CT molecular complexity index is 1170. The summed E-state index contributed by atoms with van der Waals surface area (Å²) in [5.41, 5.74) is 1.57. The second-order valence-electron chi connectivity index (χ2n) is 9.20. The predicted octanol–water partition coefficient (Wildman–Crippen LogP) is 6.72. The van der Waals surface area contributed by atoms with Gasteiger partial charge in [-0.25, -0.2) is 0 Å². The summed E-state index contributed by atoms with van der Waals surface area (Å²) in [4.78, 5) is 28.8. The molecule has 3 aromatic carbocycles. The van der Waals surface area contributed by atoms with Crippen LogP contribution in [-0.4, -0.2) is 43.0 Å². The molecule has 8 heteroatoms. The van der Waals surface area contributed by atoms with E-state index in [9.17, 15) is 9.59 Å². The molecule has 0 aliphatic carbocycles. The molecular formula is C31H36Cl2N2O4. The van der Waals surface area contributed by atoms with Crippen LogP contribution in [0.15, 0.2) is 72.8 Å². The van der Waals surface area contributed by atoms with Gasteiger partial charge in [-0.2, -0.15) is 0 Å². The van der Waals surface area contributed by atoms with E-state index in [1.165, 1.54) is 0 Å². The first-order valence-electron chi connectivity index (χ1n) is 13.2. The van der Waals surface area contributed by atoms with Gasteiger partial charge in [-0.15, -0.1) is 0 Å². The molecule has 0 bridgehead atoms. The molecule has 39 heavy (non-hydrogen) atoms. The van der Waals surface area contributed by atoms with E-state index < -0.39 is 6.04 Å². The van der Waals surface area contributed by atoms with Gasteiger partial charge >= 0.3 is 0 Å². The van der Waals surface area contributed by atoms with Gasteiger partial charge in [0.2, 0.25) is 11.8 Å². The van der Waals surface area contributed by atoms with Crippen molar-refractivity contribution in [3.8, 4) is 11.5 Å². The number of amides is 2. The maximum Gasteiger partial charge on any atom is 0.243 e. The van der Waals surface area contributed by atoms with E-state index in [2.05, 4.69) is 12.2 Å². The Balaban J connectivity index is 1.80. The molecular weight excluding hydrogens is 535 g/mol. The fourth-order valence-corrected chi connectivity index (χ4v) is 4.66. The van der Waals surface area contributed by atoms with Crippen molar-refractivity contribution in [3.05, 3.63) is 94.0 Å². The molecule has 0 aliphatic heterocycles. The van der Waals surface area contributed by atoms with E-state index in [1.807, 2.05) is 54.6 Å². The van der Waals surface area contributed by atoms with Crippen LogP contribution in [0.25, 0.3) is 0 Å². The van der Waals surface area contributed by atoms with Crippen molar-refractivity contribution in [1.29, 1.82) is 0 Å². The first-order chi connectivity index (χ1) is 18.9. The Morgan fingerprint density at radius 3 is 2.21 bits per heavy atom. The number of hydrogen-bond acceptors (Lipinski definition) is 4. The molecule has 0 unspecified atom stereocenters. The Kier molecular flexibility index (Phi) is 12.5. The zero-order chi connectivity index (χ0) is 28.0. The number of halogens is 2. The summed E-state index contributed by atoms with van der Waals surface area (Å²) in [6, 6.07) is 21.5. The minimum Gasteiger partial charge on any atom is -0.497 e. The quantitative estimate of drug-likeness (QED) is 0.206. The largest absolute Gasteiger partial charge is 0.497 e. The van der Waals surface area contributed by atoms with Crippen LogP contribution in [0.5, 0.6) is 11.5 Å². The molecule has 0 saturated carbocycles. The number of carbonyl (C=O) groups is 2. The minimum absolute atomic E-state index is 0.120. The molecule has 0 spiro atoms. The van der Waals surface area contributed by atoms with Crippen molar-refractivity contribution in [3.63, 3.8) is 0 Å². The van der Waals surface area contributed by atoms with Crippen LogP contribution in [0.1, 0.15) is 43.7 Å². The average molecular weight is 572 g/mol. The molecule has 3 rings (SSSR count). The van der Waals surface area contributed by atoms with E-state index in [4.69, 9.17) is 32.7 Å². The SMILES string of the molecule is CCCCNC(=O)[C@@H](Cc1ccccc1)N(Cc1c(Cl)cccc1Cl)C(=O)CCCOc1ccc(OC)cc1. The molecule has 0 radical (unpaired) electrons. The molecule has 1 N–H and O–H groups in total. The molecule has 6 nitrogen and oxygen atoms in total. The number of hydrogen-bond donors (Lipinski definition) is 1. The zero-order valence-corrected chi connectivity index (χ0v) is 24.0. The maximum atomic E-state index is 13.7. The lowest BCUT2D eigenvalue weighted by molar-refractivity contribution is -0.141. The highest BCUT2D eigenvalue weighted by Crippen LogP contribution is 2.28. The van der Waals surface area contributed by atoms with Crippen LogP contribution in [-0.2, 0) is 22.6 Å². The summed E-state index contributed by atoms with van der Waals surface area (Å²) in [7, 11) is 1.61. The number of nitrogens with zero attached hydrogens (tertiary/aromatic N) is 1. The summed E-state index contributed by atoms with van der Waals surface area (Å²) in [5.74, 6) is 1.07. The fourth-order valence-electron chi connectivity index (χ4n) is 4.14. The smallest absolute Gasteiger partial charge is 0.243 e. The predicted molar refractivity (Wildman–Crippen MR) is 157 cm³/mol. The topological polar surface area (TPSA) is 67.9 Å². The summed E-state index contributed by atoms with van der Waals surface area (Å²) < 4.78 is 11.0. The van der Waals surface area contributed by atoms with Crippen LogP contribution in [0.3, 0.4) is 0 Å². The summed E-state index contributed by atoms with van der Waals surface area (Å²) in [6.07, 6.45) is 2.86. The molecule has 3 aromatic rings. The molecule has 0 aromatic heterocycles. The van der Waals surface area contributed by atoms with Gasteiger partial charge in [0.1, 0.15) is 17.5 Å². The fraction of sp³-hybridized carbons (Fsp3) is 0.355. The highest BCUT2D eigenvalue weighted by molar-refractivity contribution is 6.36. The van der Waals surface area contributed by atoms with Crippen molar-refractivity contribution in [2.45, 2.75) is 51.6 Å². The highest BCUT2D eigenvalue weighted by atomic mass is 35.5. The lowest BCUT2D eigenvalue weighted by Gasteiger charge is -2.32. The van der Waals surface area contributed by atoms with E-state index in [0.29, 0.717) is 47.4 Å². The van der Waals surface area contributed by atoms with Gasteiger partial charge < -0.3 is 19.7 Å². The van der Waals surface area contributed by atoms with E-state index >= 15 is 0 Å². The van der Waals surface area contributed by atoms with Gasteiger partial charge in [-0.1, -0.05) is 72.9 Å². The van der Waals surface area contributed by atoms with Crippen LogP contribution in [0, 0.1) is 0 Å². The molecule has 208 valence electrons. The van der Waals surface area contributed by atoms with E-state index in [0.717, 1.165) is 24.2 Å². The maximum absolute atomic E-state index is 13.7. The number of methoxy groups -OCH3 is 1. The van der Waals surface area contributed by atoms with Crippen molar-refractivity contribution < 1.29 is 19.1 Å². The van der Waals surface area contributed by atoms with E-state index in [-0.39, 0.29) is 24.8 Å². The van der Waals surface area contributed by atoms with Gasteiger partial charge in [0.25, 0.3) is 0 Å². The average Bonchev–Trinajstić information content (AvgIpc) is 2.95. The second kappa shape index (κ2) is 16.0. The third kappa shape index (κ3) is 9.48. The molecule has 2 amide bonds. The highest BCUT2D eigenvalue weighted by Gasteiger charge is 2.31. The summed E-state index contributed by atoms with van der Waals surface area (Å²) in [6.45, 7) is 3.09. The molecule has 0 aliphatic rings. The first kappa shape index (κ1) is 30.3. The number of benzene rings is 3. The molecule has 1 atom stereocenters. The Morgan fingerprint density at radius 2 is 1.56 bits per heavy atom. The minimum atomic E-state index is -0.730. The van der Waals surface area contributed by atoms with Gasteiger partial charge in [0, 0.05) is 41.5 Å². The Labute approximate surface area is 241 Å². The van der Waals surface area contributed by atoms with Crippen LogP contribution >= 0.6 is 23.2 Å². The third-order valence-electron chi connectivity index (χ3n) is 6.35. The normalized spacial score (nSPS) is 11.5. The van der Waals surface area contributed by atoms with Gasteiger partial charge in [0.05, 0.1) is 13.7 Å². The number of nitrogens with one attached hydrogen (secondary N) is 1. The molecule has 0 saturated heterocycles. The number of carbonyl (C=O) groups excluding carboxylic acids is 2. The van der Waals surface area contributed by atoms with E-state index in [1.54, 1.807) is 30.2 Å². The standard InChI is InChI=1S/C31H36Cl2N2O4/c1-3-4-19-34-31(37)29(21-23-10-6-5-7-11-23)35(22-26-27(32)12-8-13-28(26)33)30(36)14-9-20-39-25-17-15-24(38-2)16-18-25/h5-8,10-13,15-18,29H,3-4,9,14,19-22H2,1-2H3,(H,34,37)/t29-/m1/s1. The van der Waals surface area contributed by atoms with Crippen LogP contribution < -0.4 is 14.8 Å². The number of rotatable bonds is 15. The Morgan fingerprint density at radius 1 is 0.897 bits per heavy atom.